The average Bonchev–Trinajstić information content (AvgIpc) is 2.45. The van der Waals surface area contributed by atoms with Crippen molar-refractivity contribution in [3.63, 3.8) is 0 Å². The van der Waals surface area contributed by atoms with Crippen LogP contribution in [0.15, 0.2) is 12.3 Å². The van der Waals surface area contributed by atoms with Crippen LogP contribution in [0.4, 0.5) is 9.18 Å². The third-order valence-corrected chi connectivity index (χ3v) is 3.89. The van der Waals surface area contributed by atoms with Gasteiger partial charge in [-0.25, -0.2) is 9.18 Å². The largest absolute Gasteiger partial charge is 0.444 e. The first-order valence-electron chi connectivity index (χ1n) is 7.37. The van der Waals surface area contributed by atoms with Gasteiger partial charge in [0.2, 0.25) is 0 Å². The summed E-state index contributed by atoms with van der Waals surface area (Å²) >= 11 is 6.06. The number of halogens is 2. The number of pyridine rings is 1. The van der Waals surface area contributed by atoms with Gasteiger partial charge in [-0.05, 0) is 26.8 Å². The Morgan fingerprint density at radius 3 is 2.57 bits per heavy atom. The summed E-state index contributed by atoms with van der Waals surface area (Å²) in [6, 6.07) is 3.32. The predicted molar refractivity (Wildman–Crippen MR) is 83.8 cm³/mol. The minimum Gasteiger partial charge on any atom is -0.444 e. The number of amides is 1. The molecule has 0 radical (unpaired) electrons. The van der Waals surface area contributed by atoms with Gasteiger partial charge in [-0.15, -0.1) is 0 Å². The number of carbonyl (C=O) groups is 1. The number of aromatic nitrogens is 1. The van der Waals surface area contributed by atoms with Crippen LogP contribution >= 0.6 is 11.6 Å². The van der Waals surface area contributed by atoms with Crippen LogP contribution in [0.3, 0.4) is 0 Å². The van der Waals surface area contributed by atoms with Crippen molar-refractivity contribution < 1.29 is 13.9 Å². The fourth-order valence-electron chi connectivity index (χ4n) is 2.44. The van der Waals surface area contributed by atoms with Gasteiger partial charge in [-0.3, -0.25) is 4.98 Å². The summed E-state index contributed by atoms with van der Waals surface area (Å²) in [7, 11) is 0. The number of hydrogen-bond donors (Lipinski definition) is 0. The minimum absolute atomic E-state index is 0.0882. The molecule has 1 fully saturated rings. The van der Waals surface area contributed by atoms with E-state index in [1.54, 1.807) is 20.8 Å². The first-order chi connectivity index (χ1) is 10.6. The van der Waals surface area contributed by atoms with Crippen molar-refractivity contribution >= 4 is 17.7 Å². The van der Waals surface area contributed by atoms with Gasteiger partial charge < -0.3 is 9.64 Å². The molecule has 2 rings (SSSR count). The van der Waals surface area contributed by atoms with Crippen LogP contribution in [0, 0.1) is 11.3 Å². The molecule has 0 unspecified atom stereocenters. The highest BCUT2D eigenvalue weighted by atomic mass is 35.5. The molecule has 0 atom stereocenters. The molecule has 1 aromatic heterocycles. The van der Waals surface area contributed by atoms with E-state index in [4.69, 9.17) is 21.6 Å². The Kier molecular flexibility index (Phi) is 4.81. The number of nitriles is 1. The fourth-order valence-corrected chi connectivity index (χ4v) is 2.77. The van der Waals surface area contributed by atoms with E-state index in [0.717, 1.165) is 0 Å². The second-order valence-electron chi connectivity index (χ2n) is 6.60. The van der Waals surface area contributed by atoms with Crippen molar-refractivity contribution in [3.8, 4) is 6.07 Å². The number of rotatable bonds is 1. The normalized spacial score (nSPS) is 17.5. The maximum Gasteiger partial charge on any atom is 0.410 e. The summed E-state index contributed by atoms with van der Waals surface area (Å²) in [5.41, 5.74) is -1.88. The molecule has 0 aliphatic carbocycles. The zero-order valence-electron chi connectivity index (χ0n) is 13.4. The molecule has 5 nitrogen and oxygen atoms in total. The molecular weight excluding hydrogens is 321 g/mol. The van der Waals surface area contributed by atoms with Crippen LogP contribution in [0.5, 0.6) is 0 Å². The van der Waals surface area contributed by atoms with Gasteiger partial charge >= 0.3 is 6.09 Å². The molecule has 0 N–H and O–H groups in total. The molecule has 2 heterocycles. The zero-order chi connectivity index (χ0) is 17.3. The van der Waals surface area contributed by atoms with Crippen LogP contribution in [0.1, 0.15) is 44.9 Å². The number of hydrogen-bond acceptors (Lipinski definition) is 4. The number of likely N-dealkylation sites (tertiary alicyclic amines) is 1. The minimum atomic E-state index is -1.70. The van der Waals surface area contributed by atoms with E-state index in [0.29, 0.717) is 0 Å². The lowest BCUT2D eigenvalue weighted by molar-refractivity contribution is 0.00129. The monoisotopic (exact) mass is 339 g/mol. The van der Waals surface area contributed by atoms with E-state index in [1.165, 1.54) is 17.2 Å². The van der Waals surface area contributed by atoms with Crippen LogP contribution < -0.4 is 0 Å². The Morgan fingerprint density at radius 2 is 2.09 bits per heavy atom. The van der Waals surface area contributed by atoms with E-state index in [9.17, 15) is 4.79 Å². The highest BCUT2D eigenvalue weighted by molar-refractivity contribution is 6.31. The summed E-state index contributed by atoms with van der Waals surface area (Å²) in [6.07, 6.45) is 1.04. The first kappa shape index (κ1) is 17.5. The maximum absolute atomic E-state index is 15.2. The quantitative estimate of drug-likeness (QED) is 0.780. The average molecular weight is 340 g/mol. The lowest BCUT2D eigenvalue weighted by Crippen LogP contribution is -2.45. The topological polar surface area (TPSA) is 66.2 Å². The third-order valence-electron chi connectivity index (χ3n) is 3.60. The van der Waals surface area contributed by atoms with Crippen LogP contribution in [-0.2, 0) is 10.4 Å². The Hall–Kier alpha value is -1.87. The molecular formula is C16H19ClFN3O2. The van der Waals surface area contributed by atoms with E-state index < -0.39 is 17.4 Å². The molecule has 0 aromatic carbocycles. The van der Waals surface area contributed by atoms with Crippen molar-refractivity contribution in [2.45, 2.75) is 44.9 Å². The van der Waals surface area contributed by atoms with Crippen molar-refractivity contribution in [1.82, 2.24) is 9.88 Å². The van der Waals surface area contributed by atoms with Gasteiger partial charge in [0.1, 0.15) is 11.7 Å². The van der Waals surface area contributed by atoms with Gasteiger partial charge in [0.05, 0.1) is 16.3 Å². The van der Waals surface area contributed by atoms with E-state index in [-0.39, 0.29) is 42.2 Å². The van der Waals surface area contributed by atoms with Gasteiger partial charge in [0.25, 0.3) is 0 Å². The van der Waals surface area contributed by atoms with Crippen LogP contribution in [0.25, 0.3) is 0 Å². The van der Waals surface area contributed by atoms with Crippen molar-refractivity contribution in [2.75, 3.05) is 13.1 Å². The van der Waals surface area contributed by atoms with E-state index >= 15 is 4.39 Å². The summed E-state index contributed by atoms with van der Waals surface area (Å²) in [6.45, 7) is 5.81. The molecule has 0 saturated carbocycles. The van der Waals surface area contributed by atoms with E-state index in [2.05, 4.69) is 4.98 Å². The van der Waals surface area contributed by atoms with Crippen molar-refractivity contribution in [3.05, 3.63) is 28.5 Å². The number of alkyl halides is 1. The summed E-state index contributed by atoms with van der Waals surface area (Å²) in [4.78, 5) is 17.5. The summed E-state index contributed by atoms with van der Waals surface area (Å²) in [5, 5.41) is 8.95. The molecule has 124 valence electrons. The van der Waals surface area contributed by atoms with Gasteiger partial charge in [0, 0.05) is 32.1 Å². The number of ether oxygens (including phenoxy) is 1. The van der Waals surface area contributed by atoms with Gasteiger partial charge in [-0.1, -0.05) is 11.6 Å². The SMILES string of the molecule is CC(C)(C)OC(=O)N1CCC(F)(c2ncc(C#N)cc2Cl)CC1. The molecule has 1 aliphatic heterocycles. The van der Waals surface area contributed by atoms with Gasteiger partial charge in [-0.2, -0.15) is 5.26 Å². The number of carbonyl (C=O) groups excluding carboxylic acids is 1. The highest BCUT2D eigenvalue weighted by Gasteiger charge is 2.41. The van der Waals surface area contributed by atoms with Crippen LogP contribution in [-0.4, -0.2) is 34.7 Å². The van der Waals surface area contributed by atoms with Crippen molar-refractivity contribution in [2.24, 2.45) is 0 Å². The predicted octanol–water partition coefficient (Wildman–Crippen LogP) is 3.80. The maximum atomic E-state index is 15.2. The van der Waals surface area contributed by atoms with Crippen LogP contribution in [0.2, 0.25) is 5.02 Å². The Labute approximate surface area is 140 Å². The Bertz CT molecular complexity index is 644. The zero-order valence-corrected chi connectivity index (χ0v) is 14.2. The second-order valence-corrected chi connectivity index (χ2v) is 7.01. The molecule has 7 heteroatoms. The van der Waals surface area contributed by atoms with Gasteiger partial charge in [0.15, 0.2) is 5.67 Å². The smallest absolute Gasteiger partial charge is 0.410 e. The molecule has 1 aromatic rings. The molecule has 0 spiro atoms. The second kappa shape index (κ2) is 6.32. The van der Waals surface area contributed by atoms with E-state index in [1.807, 2.05) is 6.07 Å². The van der Waals surface area contributed by atoms with Crippen molar-refractivity contribution in [1.29, 1.82) is 5.26 Å². The summed E-state index contributed by atoms with van der Waals surface area (Å²) < 4.78 is 20.5. The summed E-state index contributed by atoms with van der Waals surface area (Å²) in [5.74, 6) is 0. The number of nitrogens with zero attached hydrogens (tertiary/aromatic N) is 3. The molecule has 0 bridgehead atoms. The highest BCUT2D eigenvalue weighted by Crippen LogP contribution is 2.39. The third kappa shape index (κ3) is 4.11. The fraction of sp³-hybridized carbons (Fsp3) is 0.562. The molecule has 1 aliphatic rings. The lowest BCUT2D eigenvalue weighted by atomic mass is 9.89. The molecule has 23 heavy (non-hydrogen) atoms. The number of piperidine rings is 1. The Morgan fingerprint density at radius 1 is 1.48 bits per heavy atom. The molecule has 1 amide bonds. The lowest BCUT2D eigenvalue weighted by Gasteiger charge is -2.36. The first-order valence-corrected chi connectivity index (χ1v) is 7.75. The Balaban J connectivity index is 2.08. The standard InChI is InChI=1S/C16H19ClFN3O2/c1-15(2,3)23-14(22)21-6-4-16(18,5-7-21)13-12(17)8-11(9-19)10-20-13/h8,10H,4-7H2,1-3H3. The molecule has 1 saturated heterocycles.